The van der Waals surface area contributed by atoms with Crippen LogP contribution >= 0.6 is 0 Å². The van der Waals surface area contributed by atoms with E-state index in [1.165, 1.54) is 11.6 Å². The Morgan fingerprint density at radius 2 is 1.62 bits per heavy atom. The fourth-order valence-corrected chi connectivity index (χ4v) is 1.83. The van der Waals surface area contributed by atoms with Crippen LogP contribution < -0.4 is 0 Å². The van der Waals surface area contributed by atoms with E-state index in [1.807, 2.05) is 24.3 Å². The van der Waals surface area contributed by atoms with Crippen molar-refractivity contribution in [1.29, 1.82) is 0 Å². The Kier molecular flexibility index (Phi) is 3.35. The molecular formula is C15H15F. The van der Waals surface area contributed by atoms with Crippen LogP contribution in [0.4, 0.5) is 4.39 Å². The van der Waals surface area contributed by atoms with Crippen LogP contribution in [0.3, 0.4) is 0 Å². The van der Waals surface area contributed by atoms with E-state index in [2.05, 4.69) is 19.1 Å². The molecule has 2 rings (SSSR count). The van der Waals surface area contributed by atoms with Gasteiger partial charge >= 0.3 is 0 Å². The maximum absolute atomic E-state index is 13.5. The number of hydrogen-bond acceptors (Lipinski definition) is 0. The van der Waals surface area contributed by atoms with Crippen LogP contribution in [0.25, 0.3) is 11.1 Å². The average molecular weight is 214 g/mol. The third kappa shape index (κ3) is 2.30. The van der Waals surface area contributed by atoms with Gasteiger partial charge < -0.3 is 0 Å². The van der Waals surface area contributed by atoms with Gasteiger partial charge in [0, 0.05) is 5.56 Å². The minimum absolute atomic E-state index is 0.161. The molecule has 82 valence electrons. The molecule has 0 radical (unpaired) electrons. The number of benzene rings is 2. The minimum Gasteiger partial charge on any atom is -0.206 e. The molecule has 0 nitrogen and oxygen atoms in total. The second kappa shape index (κ2) is 4.93. The number of aryl methyl sites for hydroxylation is 1. The van der Waals surface area contributed by atoms with Gasteiger partial charge in [0.2, 0.25) is 0 Å². The monoisotopic (exact) mass is 214 g/mol. The number of rotatable bonds is 3. The van der Waals surface area contributed by atoms with Crippen molar-refractivity contribution in [1.82, 2.24) is 0 Å². The Morgan fingerprint density at radius 1 is 0.938 bits per heavy atom. The van der Waals surface area contributed by atoms with Crippen molar-refractivity contribution in [3.05, 3.63) is 59.9 Å². The third-order valence-corrected chi connectivity index (χ3v) is 2.68. The Balaban J connectivity index is 2.31. The van der Waals surface area contributed by atoms with Crippen LogP contribution in [0.5, 0.6) is 0 Å². The molecule has 0 aliphatic rings. The third-order valence-electron chi connectivity index (χ3n) is 2.68. The van der Waals surface area contributed by atoms with Crippen molar-refractivity contribution in [2.75, 3.05) is 0 Å². The SMILES string of the molecule is CCCc1ccc(-c2ccccc2F)cc1. The molecule has 0 atom stereocenters. The zero-order chi connectivity index (χ0) is 11.4. The standard InChI is InChI=1S/C15H15F/c1-2-5-12-8-10-13(11-9-12)14-6-3-4-7-15(14)16/h3-4,6-11H,2,5H2,1H3. The molecule has 0 unspecified atom stereocenters. The van der Waals surface area contributed by atoms with Gasteiger partial charge in [0.1, 0.15) is 5.82 Å². The number of halogens is 1. The van der Waals surface area contributed by atoms with Crippen molar-refractivity contribution in [3.63, 3.8) is 0 Å². The summed E-state index contributed by atoms with van der Waals surface area (Å²) in [6.07, 6.45) is 2.22. The quantitative estimate of drug-likeness (QED) is 0.708. The molecule has 0 spiro atoms. The van der Waals surface area contributed by atoms with Crippen molar-refractivity contribution in [2.45, 2.75) is 19.8 Å². The van der Waals surface area contributed by atoms with Crippen LogP contribution in [-0.2, 0) is 6.42 Å². The molecule has 0 amide bonds. The highest BCUT2D eigenvalue weighted by Gasteiger charge is 2.03. The summed E-state index contributed by atoms with van der Waals surface area (Å²) in [6.45, 7) is 2.16. The van der Waals surface area contributed by atoms with E-state index in [0.29, 0.717) is 5.56 Å². The average Bonchev–Trinajstić information content (AvgIpc) is 2.31. The summed E-state index contributed by atoms with van der Waals surface area (Å²) in [4.78, 5) is 0. The lowest BCUT2D eigenvalue weighted by Gasteiger charge is -2.04. The molecule has 0 saturated heterocycles. The lowest BCUT2D eigenvalue weighted by atomic mass is 10.0. The molecule has 0 aliphatic heterocycles. The van der Waals surface area contributed by atoms with E-state index in [0.717, 1.165) is 18.4 Å². The lowest BCUT2D eigenvalue weighted by Crippen LogP contribution is -1.86. The second-order valence-corrected chi connectivity index (χ2v) is 3.93. The van der Waals surface area contributed by atoms with E-state index < -0.39 is 0 Å². The first-order chi connectivity index (χ1) is 7.81. The van der Waals surface area contributed by atoms with Crippen LogP contribution in [-0.4, -0.2) is 0 Å². The predicted molar refractivity (Wildman–Crippen MR) is 65.8 cm³/mol. The largest absolute Gasteiger partial charge is 0.206 e. The maximum atomic E-state index is 13.5. The first-order valence-corrected chi connectivity index (χ1v) is 5.65. The van der Waals surface area contributed by atoms with Gasteiger partial charge in [0.25, 0.3) is 0 Å². The topological polar surface area (TPSA) is 0 Å². The van der Waals surface area contributed by atoms with Crippen LogP contribution in [0.2, 0.25) is 0 Å². The van der Waals surface area contributed by atoms with E-state index in [1.54, 1.807) is 6.07 Å². The first kappa shape index (κ1) is 10.9. The molecule has 16 heavy (non-hydrogen) atoms. The van der Waals surface area contributed by atoms with Crippen molar-refractivity contribution in [3.8, 4) is 11.1 Å². The highest BCUT2D eigenvalue weighted by atomic mass is 19.1. The van der Waals surface area contributed by atoms with Crippen molar-refractivity contribution >= 4 is 0 Å². The minimum atomic E-state index is -0.161. The zero-order valence-corrected chi connectivity index (χ0v) is 9.41. The molecule has 2 aromatic rings. The van der Waals surface area contributed by atoms with Crippen LogP contribution in [0.1, 0.15) is 18.9 Å². The van der Waals surface area contributed by atoms with Gasteiger partial charge in [-0.1, -0.05) is 55.8 Å². The number of hydrogen-bond donors (Lipinski definition) is 0. The van der Waals surface area contributed by atoms with Gasteiger partial charge in [-0.2, -0.15) is 0 Å². The molecule has 0 heterocycles. The molecule has 0 aliphatic carbocycles. The summed E-state index contributed by atoms with van der Waals surface area (Å²) in [5.41, 5.74) is 2.92. The van der Waals surface area contributed by atoms with Gasteiger partial charge in [-0.15, -0.1) is 0 Å². The van der Waals surface area contributed by atoms with Gasteiger partial charge in [-0.3, -0.25) is 0 Å². The zero-order valence-electron chi connectivity index (χ0n) is 9.41. The highest BCUT2D eigenvalue weighted by Crippen LogP contribution is 2.22. The van der Waals surface area contributed by atoms with Gasteiger partial charge in [-0.05, 0) is 23.6 Å². The fourth-order valence-electron chi connectivity index (χ4n) is 1.83. The Labute approximate surface area is 95.7 Å². The molecule has 0 bridgehead atoms. The summed E-state index contributed by atoms with van der Waals surface area (Å²) >= 11 is 0. The van der Waals surface area contributed by atoms with E-state index in [4.69, 9.17) is 0 Å². The first-order valence-electron chi connectivity index (χ1n) is 5.65. The maximum Gasteiger partial charge on any atom is 0.131 e. The van der Waals surface area contributed by atoms with Crippen LogP contribution in [0.15, 0.2) is 48.5 Å². The summed E-state index contributed by atoms with van der Waals surface area (Å²) < 4.78 is 13.5. The van der Waals surface area contributed by atoms with E-state index >= 15 is 0 Å². The molecule has 0 saturated carbocycles. The lowest BCUT2D eigenvalue weighted by molar-refractivity contribution is 0.631. The second-order valence-electron chi connectivity index (χ2n) is 3.93. The molecular weight excluding hydrogens is 199 g/mol. The molecule has 0 N–H and O–H groups in total. The summed E-state index contributed by atoms with van der Waals surface area (Å²) in [7, 11) is 0. The Hall–Kier alpha value is -1.63. The molecule has 2 aromatic carbocycles. The van der Waals surface area contributed by atoms with Crippen LogP contribution in [0, 0.1) is 5.82 Å². The fraction of sp³-hybridized carbons (Fsp3) is 0.200. The van der Waals surface area contributed by atoms with Crippen molar-refractivity contribution < 1.29 is 4.39 Å². The predicted octanol–water partition coefficient (Wildman–Crippen LogP) is 4.45. The normalized spacial score (nSPS) is 10.4. The van der Waals surface area contributed by atoms with Crippen molar-refractivity contribution in [2.24, 2.45) is 0 Å². The van der Waals surface area contributed by atoms with Gasteiger partial charge in [0.05, 0.1) is 0 Å². The summed E-state index contributed by atoms with van der Waals surface area (Å²) in [5.74, 6) is -0.161. The van der Waals surface area contributed by atoms with Gasteiger partial charge in [0.15, 0.2) is 0 Å². The highest BCUT2D eigenvalue weighted by molar-refractivity contribution is 5.64. The molecule has 0 aromatic heterocycles. The Morgan fingerprint density at radius 3 is 2.25 bits per heavy atom. The summed E-state index contributed by atoms with van der Waals surface area (Å²) in [6, 6.07) is 15.0. The molecule has 1 heteroatoms. The summed E-state index contributed by atoms with van der Waals surface area (Å²) in [5, 5.41) is 0. The Bertz CT molecular complexity index is 457. The van der Waals surface area contributed by atoms with E-state index in [-0.39, 0.29) is 5.82 Å². The van der Waals surface area contributed by atoms with E-state index in [9.17, 15) is 4.39 Å². The molecule has 0 fully saturated rings. The van der Waals surface area contributed by atoms with Gasteiger partial charge in [-0.25, -0.2) is 4.39 Å². The smallest absolute Gasteiger partial charge is 0.131 e.